The fourth-order valence-corrected chi connectivity index (χ4v) is 4.84. The Balaban J connectivity index is 1.95. The van der Waals surface area contributed by atoms with Gasteiger partial charge in [0.1, 0.15) is 4.34 Å². The van der Waals surface area contributed by atoms with E-state index < -0.39 is 6.10 Å². The molecule has 1 aliphatic rings. The molecule has 1 heterocycles. The van der Waals surface area contributed by atoms with Gasteiger partial charge in [0, 0.05) is 21.3 Å². The van der Waals surface area contributed by atoms with Crippen LogP contribution in [0.3, 0.4) is 0 Å². The zero-order chi connectivity index (χ0) is 14.3. The van der Waals surface area contributed by atoms with Gasteiger partial charge in [-0.15, -0.1) is 11.3 Å². The van der Waals surface area contributed by atoms with Gasteiger partial charge in [0.05, 0.1) is 6.10 Å². The average Bonchev–Trinajstić information content (AvgIpc) is 2.99. The normalized spacial score (nSPS) is 18.0. The summed E-state index contributed by atoms with van der Waals surface area (Å²) in [4.78, 5) is 0.875. The van der Waals surface area contributed by atoms with Crippen molar-refractivity contribution in [3.05, 3.63) is 55.1 Å². The summed E-state index contributed by atoms with van der Waals surface area (Å²) in [6, 6.07) is 10.2. The maximum absolute atomic E-state index is 10.8. The molecule has 20 heavy (non-hydrogen) atoms. The average molecular weight is 373 g/mol. The molecule has 0 spiro atoms. The van der Waals surface area contributed by atoms with Crippen molar-refractivity contribution in [2.24, 2.45) is 11.1 Å². The molecule has 1 atom stereocenters. The van der Waals surface area contributed by atoms with Crippen LogP contribution in [0.4, 0.5) is 0 Å². The lowest BCUT2D eigenvalue weighted by Gasteiger charge is -2.32. The molecule has 0 aliphatic heterocycles. The third-order valence-corrected chi connectivity index (χ3v) is 6.65. The van der Waals surface area contributed by atoms with Crippen molar-refractivity contribution in [1.82, 2.24) is 0 Å². The van der Waals surface area contributed by atoms with Gasteiger partial charge < -0.3 is 10.8 Å². The summed E-state index contributed by atoms with van der Waals surface area (Å²) in [6.45, 7) is 0.454. The molecule has 0 fully saturated rings. The molecule has 2 aromatic rings. The summed E-state index contributed by atoms with van der Waals surface area (Å²) in [5.74, 6) is 0. The Bertz CT molecular complexity index is 598. The molecule has 1 unspecified atom stereocenters. The summed E-state index contributed by atoms with van der Waals surface area (Å²) in [5, 5.41) is 10.8. The van der Waals surface area contributed by atoms with Crippen LogP contribution in [0, 0.1) is 5.41 Å². The second-order valence-electron chi connectivity index (χ2n) is 5.36. The first-order valence-corrected chi connectivity index (χ1v) is 8.44. The van der Waals surface area contributed by atoms with Gasteiger partial charge in [0.25, 0.3) is 0 Å². The minimum Gasteiger partial charge on any atom is -0.387 e. The summed E-state index contributed by atoms with van der Waals surface area (Å²) in [7, 11) is 0. The third-order valence-electron chi connectivity index (χ3n) is 4.12. The van der Waals surface area contributed by atoms with Crippen LogP contribution in [-0.4, -0.2) is 11.7 Å². The van der Waals surface area contributed by atoms with Crippen molar-refractivity contribution in [3.8, 4) is 0 Å². The van der Waals surface area contributed by atoms with Crippen LogP contribution in [0.1, 0.15) is 22.1 Å². The number of fused-ring (bicyclic) bond motifs is 1. The first-order chi connectivity index (χ1) is 9.55. The first-order valence-electron chi connectivity index (χ1n) is 6.45. The van der Waals surface area contributed by atoms with E-state index >= 15 is 0 Å². The van der Waals surface area contributed by atoms with Crippen molar-refractivity contribution in [2.45, 2.75) is 18.9 Å². The van der Waals surface area contributed by atoms with Gasteiger partial charge in [-0.1, -0.05) is 35.9 Å². The topological polar surface area (TPSA) is 46.2 Å². The summed E-state index contributed by atoms with van der Waals surface area (Å²) in [6.07, 6.45) is 1.04. The smallest absolute Gasteiger partial charge is 0.107 e. The molecule has 0 bridgehead atoms. The fourth-order valence-electron chi connectivity index (χ4n) is 2.97. The number of hydrogen-bond donors (Lipinski definition) is 2. The molecule has 1 aromatic carbocycles. The number of aliphatic hydroxyl groups is 1. The van der Waals surface area contributed by atoms with E-state index in [1.807, 2.05) is 18.2 Å². The van der Waals surface area contributed by atoms with Gasteiger partial charge in [-0.25, -0.2) is 0 Å². The highest BCUT2D eigenvalue weighted by atomic mass is 79.9. The second kappa shape index (κ2) is 5.43. The van der Waals surface area contributed by atoms with E-state index in [9.17, 15) is 5.11 Å². The Hall–Kier alpha value is -0.390. The van der Waals surface area contributed by atoms with E-state index in [1.165, 1.54) is 22.5 Å². The SMILES string of the molecule is NCC1(C(O)c2cc(Br)c(Cl)s2)Cc2ccccc2C1. The third kappa shape index (κ3) is 2.34. The molecule has 0 radical (unpaired) electrons. The Morgan fingerprint density at radius 3 is 2.40 bits per heavy atom. The molecule has 3 N–H and O–H groups in total. The van der Waals surface area contributed by atoms with Crippen LogP contribution in [0.5, 0.6) is 0 Å². The summed E-state index contributed by atoms with van der Waals surface area (Å²) >= 11 is 10.9. The predicted molar refractivity (Wildman–Crippen MR) is 87.3 cm³/mol. The van der Waals surface area contributed by atoms with Crippen molar-refractivity contribution < 1.29 is 5.11 Å². The highest BCUT2D eigenvalue weighted by Crippen LogP contribution is 2.48. The van der Waals surface area contributed by atoms with E-state index in [0.29, 0.717) is 10.9 Å². The van der Waals surface area contributed by atoms with Gasteiger partial charge in [0.2, 0.25) is 0 Å². The van der Waals surface area contributed by atoms with E-state index in [4.69, 9.17) is 17.3 Å². The lowest BCUT2D eigenvalue weighted by Crippen LogP contribution is -2.37. The molecule has 5 heteroatoms. The molecule has 106 valence electrons. The lowest BCUT2D eigenvalue weighted by molar-refractivity contribution is 0.0386. The number of thiophene rings is 1. The second-order valence-corrected chi connectivity index (χ2v) is 7.90. The van der Waals surface area contributed by atoms with Gasteiger partial charge in [-0.05, 0) is 46.0 Å². The quantitative estimate of drug-likeness (QED) is 0.857. The Morgan fingerprint density at radius 1 is 1.35 bits per heavy atom. The van der Waals surface area contributed by atoms with Gasteiger partial charge in [0.15, 0.2) is 0 Å². The maximum Gasteiger partial charge on any atom is 0.107 e. The number of halogens is 2. The van der Waals surface area contributed by atoms with Crippen molar-refractivity contribution in [3.63, 3.8) is 0 Å². The number of hydrogen-bond acceptors (Lipinski definition) is 3. The Morgan fingerprint density at radius 2 is 1.95 bits per heavy atom. The zero-order valence-corrected chi connectivity index (χ0v) is 13.9. The van der Waals surface area contributed by atoms with Crippen molar-refractivity contribution in [2.75, 3.05) is 6.54 Å². The summed E-state index contributed by atoms with van der Waals surface area (Å²) in [5.41, 5.74) is 8.29. The molecular formula is C15H15BrClNOS. The highest BCUT2D eigenvalue weighted by Gasteiger charge is 2.43. The molecule has 2 nitrogen and oxygen atoms in total. The first kappa shape index (κ1) is 14.5. The van der Waals surface area contributed by atoms with Gasteiger partial charge in [-0.2, -0.15) is 0 Å². The van der Waals surface area contributed by atoms with Crippen LogP contribution >= 0.6 is 38.9 Å². The number of nitrogens with two attached hydrogens (primary N) is 1. The van der Waals surface area contributed by atoms with E-state index in [1.54, 1.807) is 0 Å². The number of rotatable bonds is 3. The maximum atomic E-state index is 10.8. The highest BCUT2D eigenvalue weighted by molar-refractivity contribution is 9.10. The molecule has 0 amide bonds. The monoisotopic (exact) mass is 371 g/mol. The van der Waals surface area contributed by atoms with Gasteiger partial charge in [-0.3, -0.25) is 0 Å². The molecule has 1 aromatic heterocycles. The number of aliphatic hydroxyl groups excluding tert-OH is 1. The fraction of sp³-hybridized carbons (Fsp3) is 0.333. The zero-order valence-electron chi connectivity index (χ0n) is 10.8. The predicted octanol–water partition coefficient (Wildman–Crippen LogP) is 3.94. The van der Waals surface area contributed by atoms with Crippen LogP contribution in [0.2, 0.25) is 4.34 Å². The Labute approximate surface area is 135 Å². The van der Waals surface area contributed by atoms with Crippen LogP contribution in [0.15, 0.2) is 34.8 Å². The minimum absolute atomic E-state index is 0.322. The van der Waals surface area contributed by atoms with E-state index in [-0.39, 0.29) is 5.41 Å². The van der Waals surface area contributed by atoms with Crippen molar-refractivity contribution in [1.29, 1.82) is 0 Å². The van der Waals surface area contributed by atoms with Crippen LogP contribution in [-0.2, 0) is 12.8 Å². The summed E-state index contributed by atoms with van der Waals surface area (Å²) < 4.78 is 1.50. The van der Waals surface area contributed by atoms with Crippen molar-refractivity contribution >= 4 is 38.9 Å². The lowest BCUT2D eigenvalue weighted by atomic mass is 9.78. The van der Waals surface area contributed by atoms with Crippen LogP contribution < -0.4 is 5.73 Å². The molecule has 0 saturated carbocycles. The minimum atomic E-state index is -0.589. The van der Waals surface area contributed by atoms with Gasteiger partial charge >= 0.3 is 0 Å². The van der Waals surface area contributed by atoms with E-state index in [2.05, 4.69) is 28.1 Å². The number of benzene rings is 1. The molecule has 0 saturated heterocycles. The molecule has 3 rings (SSSR count). The molecular weight excluding hydrogens is 358 g/mol. The molecule has 1 aliphatic carbocycles. The standard InChI is InChI=1S/C15H15BrClNOS/c16-11-5-12(20-14(11)17)13(19)15(8-18)6-9-3-1-2-4-10(9)7-15/h1-5,13,19H,6-8,18H2. The van der Waals surface area contributed by atoms with E-state index in [0.717, 1.165) is 22.2 Å². The largest absolute Gasteiger partial charge is 0.387 e. The Kier molecular flexibility index (Phi) is 3.95. The van der Waals surface area contributed by atoms with Crippen LogP contribution in [0.25, 0.3) is 0 Å².